The second-order valence-corrected chi connectivity index (χ2v) is 7.62. The molecule has 3 rings (SSSR count). The van der Waals surface area contributed by atoms with E-state index in [9.17, 15) is 18.4 Å². The fourth-order valence-electron chi connectivity index (χ4n) is 3.52. The first-order chi connectivity index (χ1) is 14.4. The van der Waals surface area contributed by atoms with Gasteiger partial charge in [-0.3, -0.25) is 4.68 Å². The van der Waals surface area contributed by atoms with Crippen molar-refractivity contribution in [2.24, 2.45) is 0 Å². The Balaban J connectivity index is 1.93. The first kappa shape index (κ1) is 22.1. The van der Waals surface area contributed by atoms with E-state index in [-0.39, 0.29) is 0 Å². The minimum atomic E-state index is -4.32. The van der Waals surface area contributed by atoms with Gasteiger partial charge < -0.3 is 0 Å². The summed E-state index contributed by atoms with van der Waals surface area (Å²) in [7, 11) is 0. The average Bonchev–Trinajstić information content (AvgIpc) is 3.03. The zero-order valence-electron chi connectivity index (χ0n) is 16.5. The molecule has 0 aliphatic carbocycles. The Morgan fingerprint density at radius 3 is 2.40 bits per heavy atom. The van der Waals surface area contributed by atoms with E-state index in [4.69, 9.17) is 0 Å². The molecule has 0 radical (unpaired) electrons. The summed E-state index contributed by atoms with van der Waals surface area (Å²) in [5.41, 5.74) is 5.51. The van der Waals surface area contributed by atoms with Crippen molar-refractivity contribution >= 4 is 15.9 Å². The number of benzene rings is 2. The third kappa shape index (κ3) is 5.11. The maximum Gasteiger partial charge on any atom is 0.408 e. The summed E-state index contributed by atoms with van der Waals surface area (Å²) >= 11 is 3.34. The molecule has 0 amide bonds. The Morgan fingerprint density at radius 1 is 1.10 bits per heavy atom. The second-order valence-electron chi connectivity index (χ2n) is 7.06. The fraction of sp³-hybridized carbons (Fsp3) is 0.304. The number of aromatic nitrogens is 2. The molecular formula is C23H21BrF3N3. The molecule has 0 aliphatic rings. The van der Waals surface area contributed by atoms with Gasteiger partial charge in [0.05, 0.1) is 23.0 Å². The van der Waals surface area contributed by atoms with Gasteiger partial charge in [-0.1, -0.05) is 71.7 Å². The van der Waals surface area contributed by atoms with E-state index in [0.29, 0.717) is 29.4 Å². The lowest BCUT2D eigenvalue weighted by Crippen LogP contribution is -2.20. The Hall–Kier alpha value is -2.59. The molecule has 0 aliphatic heterocycles. The summed E-state index contributed by atoms with van der Waals surface area (Å²) in [6.45, 7) is 0.899. The van der Waals surface area contributed by atoms with E-state index in [1.165, 1.54) is 0 Å². The largest absolute Gasteiger partial charge is 0.408 e. The van der Waals surface area contributed by atoms with Gasteiger partial charge in [-0.2, -0.15) is 23.5 Å². The number of rotatable bonds is 7. The van der Waals surface area contributed by atoms with Crippen molar-refractivity contribution in [2.45, 2.75) is 44.2 Å². The number of alkyl halides is 4. The summed E-state index contributed by atoms with van der Waals surface area (Å²) in [6.07, 6.45) is -2.37. The summed E-state index contributed by atoms with van der Waals surface area (Å²) in [5, 5.41) is 13.9. The van der Waals surface area contributed by atoms with Gasteiger partial charge in [0.15, 0.2) is 0 Å². The number of aryl methyl sites for hydroxylation is 1. The van der Waals surface area contributed by atoms with Crippen molar-refractivity contribution in [3.8, 4) is 17.2 Å². The van der Waals surface area contributed by atoms with Crippen LogP contribution >= 0.6 is 15.9 Å². The highest BCUT2D eigenvalue weighted by Crippen LogP contribution is 2.28. The lowest BCUT2D eigenvalue weighted by molar-refractivity contribution is -0.143. The van der Waals surface area contributed by atoms with E-state index < -0.39 is 12.7 Å². The van der Waals surface area contributed by atoms with Gasteiger partial charge in [-0.05, 0) is 29.2 Å². The predicted octanol–water partition coefficient (Wildman–Crippen LogP) is 6.42. The minimum Gasteiger partial charge on any atom is -0.259 e. The van der Waals surface area contributed by atoms with E-state index in [1.807, 2.05) is 49.4 Å². The Labute approximate surface area is 182 Å². The lowest BCUT2D eigenvalue weighted by atomic mass is 9.96. The van der Waals surface area contributed by atoms with Gasteiger partial charge in [0.2, 0.25) is 0 Å². The summed E-state index contributed by atoms with van der Waals surface area (Å²) in [5.74, 6) is 0. The summed E-state index contributed by atoms with van der Waals surface area (Å²) in [4.78, 5) is 0. The molecule has 0 bridgehead atoms. The van der Waals surface area contributed by atoms with Crippen molar-refractivity contribution in [2.75, 3.05) is 0 Å². The topological polar surface area (TPSA) is 41.6 Å². The Kier molecular flexibility index (Phi) is 6.99. The zero-order valence-corrected chi connectivity index (χ0v) is 18.1. The molecule has 1 heterocycles. The van der Waals surface area contributed by atoms with Crippen LogP contribution in [0.1, 0.15) is 41.4 Å². The number of hydrogen-bond donors (Lipinski definition) is 0. The monoisotopic (exact) mass is 475 g/mol. The molecule has 0 fully saturated rings. The molecule has 3 nitrogen and oxygen atoms in total. The zero-order chi connectivity index (χ0) is 21.7. The summed E-state index contributed by atoms with van der Waals surface area (Å²) in [6, 6.07) is 17.4. The van der Waals surface area contributed by atoms with Crippen LogP contribution in [0.4, 0.5) is 13.2 Å². The van der Waals surface area contributed by atoms with Crippen LogP contribution in [0.5, 0.6) is 0 Å². The maximum atomic E-state index is 13.0. The standard InChI is InChI=1S/C23H21BrF3N3/c1-2-5-21-20(22(13-24)30(29-21)15-23(25,26)27)12-16-8-10-17(11-9-16)19-7-4-3-6-18(19)14-28/h3-4,6-11H,2,5,12-13,15H2,1H3. The fourth-order valence-corrected chi connectivity index (χ4v) is 4.15. The van der Waals surface area contributed by atoms with E-state index in [0.717, 1.165) is 39.1 Å². The van der Waals surface area contributed by atoms with Gasteiger partial charge in [-0.15, -0.1) is 0 Å². The molecular weight excluding hydrogens is 455 g/mol. The molecule has 0 spiro atoms. The number of hydrogen-bond acceptors (Lipinski definition) is 2. The molecule has 1 aromatic heterocycles. The third-order valence-corrected chi connectivity index (χ3v) is 5.42. The second kappa shape index (κ2) is 9.48. The molecule has 0 unspecified atom stereocenters. The minimum absolute atomic E-state index is 0.308. The van der Waals surface area contributed by atoms with Crippen LogP contribution in [0.25, 0.3) is 11.1 Å². The molecule has 0 saturated heterocycles. The van der Waals surface area contributed by atoms with E-state index >= 15 is 0 Å². The molecule has 0 N–H and O–H groups in total. The van der Waals surface area contributed by atoms with E-state index in [1.54, 1.807) is 6.07 Å². The molecule has 2 aromatic carbocycles. The third-order valence-electron chi connectivity index (χ3n) is 4.89. The van der Waals surface area contributed by atoms with Crippen molar-refractivity contribution in [1.82, 2.24) is 9.78 Å². The Bertz CT molecular complexity index is 1050. The number of nitrogens with zero attached hydrogens (tertiary/aromatic N) is 3. The highest BCUT2D eigenvalue weighted by Gasteiger charge is 2.31. The molecule has 156 valence electrons. The van der Waals surface area contributed by atoms with Crippen LogP contribution in [0, 0.1) is 11.3 Å². The first-order valence-corrected chi connectivity index (χ1v) is 10.8. The number of halogens is 4. The average molecular weight is 476 g/mol. The lowest BCUT2D eigenvalue weighted by Gasteiger charge is -2.10. The molecule has 0 atom stereocenters. The normalized spacial score (nSPS) is 11.5. The van der Waals surface area contributed by atoms with Crippen molar-refractivity contribution < 1.29 is 13.2 Å². The van der Waals surface area contributed by atoms with Crippen LogP contribution in [0.2, 0.25) is 0 Å². The summed E-state index contributed by atoms with van der Waals surface area (Å²) < 4.78 is 40.0. The van der Waals surface area contributed by atoms with Crippen molar-refractivity contribution in [3.05, 3.63) is 76.6 Å². The van der Waals surface area contributed by atoms with Gasteiger partial charge in [0.25, 0.3) is 0 Å². The smallest absolute Gasteiger partial charge is 0.259 e. The van der Waals surface area contributed by atoms with Gasteiger partial charge >= 0.3 is 6.18 Å². The van der Waals surface area contributed by atoms with Crippen LogP contribution in [0.3, 0.4) is 0 Å². The molecule has 30 heavy (non-hydrogen) atoms. The van der Waals surface area contributed by atoms with Crippen LogP contribution < -0.4 is 0 Å². The predicted molar refractivity (Wildman–Crippen MR) is 114 cm³/mol. The van der Waals surface area contributed by atoms with Crippen LogP contribution in [-0.2, 0) is 24.7 Å². The van der Waals surface area contributed by atoms with Crippen molar-refractivity contribution in [3.63, 3.8) is 0 Å². The molecule has 3 aromatic rings. The highest BCUT2D eigenvalue weighted by atomic mass is 79.9. The van der Waals surface area contributed by atoms with Crippen LogP contribution in [0.15, 0.2) is 48.5 Å². The van der Waals surface area contributed by atoms with Crippen LogP contribution in [-0.4, -0.2) is 16.0 Å². The highest BCUT2D eigenvalue weighted by molar-refractivity contribution is 9.08. The van der Waals surface area contributed by atoms with E-state index in [2.05, 4.69) is 27.1 Å². The maximum absolute atomic E-state index is 13.0. The van der Waals surface area contributed by atoms with Gasteiger partial charge in [0.1, 0.15) is 6.54 Å². The number of nitriles is 1. The SMILES string of the molecule is CCCc1nn(CC(F)(F)F)c(CBr)c1Cc1ccc(-c2ccccc2C#N)cc1. The van der Waals surface area contributed by atoms with Gasteiger partial charge in [-0.25, -0.2) is 0 Å². The Morgan fingerprint density at radius 2 is 1.80 bits per heavy atom. The molecule has 0 saturated carbocycles. The molecule has 7 heteroatoms. The van der Waals surface area contributed by atoms with Gasteiger partial charge in [0, 0.05) is 17.3 Å². The quantitative estimate of drug-likeness (QED) is 0.369. The van der Waals surface area contributed by atoms with Crippen molar-refractivity contribution in [1.29, 1.82) is 5.26 Å². The first-order valence-electron chi connectivity index (χ1n) is 9.64.